The molecular weight excluding hydrogens is 1080 g/mol. The molecule has 0 heterocycles. The van der Waals surface area contributed by atoms with Gasteiger partial charge in [0.1, 0.15) is 19.3 Å². The van der Waals surface area contributed by atoms with Gasteiger partial charge in [0, 0.05) is 12.8 Å². The van der Waals surface area contributed by atoms with Crippen LogP contribution in [0, 0.1) is 0 Å². The van der Waals surface area contributed by atoms with Crippen molar-refractivity contribution in [3.8, 4) is 0 Å². The molecule has 9 nitrogen and oxygen atoms in total. The van der Waals surface area contributed by atoms with Crippen molar-refractivity contribution in [3.63, 3.8) is 0 Å². The number of amides is 1. The normalized spacial score (nSPS) is 13.8. The lowest BCUT2D eigenvalue weighted by Crippen LogP contribution is -2.47. The first kappa shape index (κ1) is 83.7. The van der Waals surface area contributed by atoms with E-state index in [2.05, 4.69) is 74.7 Å². The molecule has 0 aliphatic carbocycles. The molecule has 3 unspecified atom stereocenters. The number of ether oxygens (including phenoxy) is 1. The van der Waals surface area contributed by atoms with Crippen molar-refractivity contribution in [1.82, 2.24) is 5.32 Å². The topological polar surface area (TPSA) is 114 Å². The van der Waals surface area contributed by atoms with Gasteiger partial charge in [0.2, 0.25) is 5.91 Å². The van der Waals surface area contributed by atoms with Gasteiger partial charge in [0.05, 0.1) is 33.8 Å². The molecule has 86 heavy (non-hydrogen) atoms. The molecule has 0 rings (SSSR count). The van der Waals surface area contributed by atoms with Crippen LogP contribution in [0.4, 0.5) is 0 Å². The van der Waals surface area contributed by atoms with Gasteiger partial charge in [0.25, 0.3) is 7.82 Å². The van der Waals surface area contributed by atoms with Crippen molar-refractivity contribution >= 4 is 19.7 Å². The quantitative estimate of drug-likeness (QED) is 0.0212. The molecule has 0 spiro atoms. The molecule has 0 saturated carbocycles. The first-order chi connectivity index (χ1) is 41.9. The third kappa shape index (κ3) is 66.1. The molecule has 0 saturated heterocycles. The molecule has 0 aromatic heterocycles. The minimum atomic E-state index is -4.71. The minimum absolute atomic E-state index is 0.0216. The van der Waals surface area contributed by atoms with Crippen LogP contribution in [0.25, 0.3) is 0 Å². The summed E-state index contributed by atoms with van der Waals surface area (Å²) in [6, 6.07) is -0.889. The summed E-state index contributed by atoms with van der Waals surface area (Å²) >= 11 is 0. The van der Waals surface area contributed by atoms with Crippen LogP contribution in [-0.4, -0.2) is 69.4 Å². The van der Waals surface area contributed by atoms with Gasteiger partial charge in [-0.3, -0.25) is 14.2 Å². The lowest BCUT2D eigenvalue weighted by atomic mass is 10.0. The summed E-state index contributed by atoms with van der Waals surface area (Å²) in [4.78, 5) is 40.2. The molecule has 10 heteroatoms. The molecular formula is C76H143N2O7P. The average Bonchev–Trinajstić information content (AvgIpc) is 3.69. The van der Waals surface area contributed by atoms with E-state index in [4.69, 9.17) is 13.8 Å². The molecule has 0 aliphatic rings. The number of esters is 1. The van der Waals surface area contributed by atoms with E-state index in [1.165, 1.54) is 257 Å². The number of carbonyl (C=O) groups is 2. The SMILES string of the molecule is CCCCC/C=C\C/C=C\CCCCCCCCCCCCCCCCCC(=O)NC(COP(=O)([O-])OCC[N+](C)(C)C)C(/C=C/CCCCCCCCCCCC)OC(=O)CCCCCCCCCCCCCCC/C=C\C/C=C\CCCCC. The van der Waals surface area contributed by atoms with Crippen LogP contribution < -0.4 is 10.2 Å². The zero-order valence-electron chi connectivity index (χ0n) is 57.8. The van der Waals surface area contributed by atoms with Gasteiger partial charge in [-0.25, -0.2) is 0 Å². The molecule has 1 N–H and O–H groups in total. The number of nitrogens with one attached hydrogen (secondary N) is 1. The zero-order chi connectivity index (χ0) is 62.8. The van der Waals surface area contributed by atoms with Gasteiger partial charge in [-0.1, -0.05) is 313 Å². The Labute approximate surface area is 534 Å². The summed E-state index contributed by atoms with van der Waals surface area (Å²) in [6.07, 6.45) is 84.9. The Bertz CT molecular complexity index is 1650. The van der Waals surface area contributed by atoms with E-state index in [9.17, 15) is 19.0 Å². The van der Waals surface area contributed by atoms with E-state index in [-0.39, 0.29) is 31.5 Å². The van der Waals surface area contributed by atoms with Crippen molar-refractivity contribution < 1.29 is 37.3 Å². The number of quaternary nitrogens is 1. The van der Waals surface area contributed by atoms with E-state index >= 15 is 0 Å². The zero-order valence-corrected chi connectivity index (χ0v) is 58.7. The molecule has 0 aromatic carbocycles. The Morgan fingerprint density at radius 3 is 1.07 bits per heavy atom. The van der Waals surface area contributed by atoms with Gasteiger partial charge in [0.15, 0.2) is 0 Å². The first-order valence-electron chi connectivity index (χ1n) is 37.1. The predicted octanol–water partition coefficient (Wildman–Crippen LogP) is 23.1. The molecule has 0 fully saturated rings. The molecule has 0 bridgehead atoms. The van der Waals surface area contributed by atoms with Crippen molar-refractivity contribution in [2.24, 2.45) is 0 Å². The second-order valence-corrected chi connectivity index (χ2v) is 27.9. The van der Waals surface area contributed by atoms with E-state index in [0.717, 1.165) is 70.6 Å². The van der Waals surface area contributed by atoms with Gasteiger partial charge in [-0.05, 0) is 96.0 Å². The van der Waals surface area contributed by atoms with Gasteiger partial charge in [-0.2, -0.15) is 0 Å². The maximum Gasteiger partial charge on any atom is 0.306 e. The third-order valence-corrected chi connectivity index (χ3v) is 17.6. The third-order valence-electron chi connectivity index (χ3n) is 16.7. The second kappa shape index (κ2) is 65.7. The Morgan fingerprint density at radius 2 is 0.709 bits per heavy atom. The van der Waals surface area contributed by atoms with Gasteiger partial charge in [-0.15, -0.1) is 0 Å². The molecule has 0 aromatic rings. The fraction of sp³-hybridized carbons (Fsp3) is 0.842. The number of phosphoric ester groups is 1. The van der Waals surface area contributed by atoms with Crippen LogP contribution >= 0.6 is 7.82 Å². The highest BCUT2D eigenvalue weighted by atomic mass is 31.2. The van der Waals surface area contributed by atoms with E-state index in [1.807, 2.05) is 33.3 Å². The maximum absolute atomic E-state index is 13.6. The lowest BCUT2D eigenvalue weighted by Gasteiger charge is -2.30. The van der Waals surface area contributed by atoms with Crippen molar-refractivity contribution in [2.45, 2.75) is 373 Å². The van der Waals surface area contributed by atoms with Crippen LogP contribution in [0.5, 0.6) is 0 Å². The predicted molar refractivity (Wildman–Crippen MR) is 372 cm³/mol. The number of nitrogens with zero attached hydrogens (tertiary/aromatic N) is 1. The standard InChI is InChI=1S/C76H143N2O7P/c1-7-10-13-16-19-22-25-28-30-32-34-36-38-39-41-42-44-46-48-50-53-56-59-62-65-68-75(79)77-73(72-84-86(81,82)83-71-70-78(4,5)6)74(67-64-61-58-55-52-27-24-21-18-15-12-9-3)85-76(80)69-66-63-60-57-54-51-49-47-45-43-40-37-35-33-31-29-26-23-20-17-14-11-8-2/h19-20,22-23,28-31,64,67,73-74H,7-18,21,24-27,32-63,65-66,68-72H2,1-6H3,(H-,77,79,81,82)/b22-19-,23-20-,30-28-,31-29-,67-64+. The highest BCUT2D eigenvalue weighted by Gasteiger charge is 2.27. The number of unbranched alkanes of at least 4 members (excludes halogenated alkanes) is 44. The van der Waals surface area contributed by atoms with Gasteiger partial charge < -0.3 is 28.5 Å². The van der Waals surface area contributed by atoms with Crippen LogP contribution in [0.15, 0.2) is 60.8 Å². The largest absolute Gasteiger partial charge is 0.756 e. The smallest absolute Gasteiger partial charge is 0.306 e. The summed E-state index contributed by atoms with van der Waals surface area (Å²) in [5, 5.41) is 3.05. The fourth-order valence-electron chi connectivity index (χ4n) is 10.9. The van der Waals surface area contributed by atoms with E-state index < -0.39 is 20.0 Å². The summed E-state index contributed by atoms with van der Waals surface area (Å²) in [6.45, 7) is 6.84. The molecule has 0 radical (unpaired) electrons. The van der Waals surface area contributed by atoms with E-state index in [0.29, 0.717) is 17.4 Å². The lowest BCUT2D eigenvalue weighted by molar-refractivity contribution is -0.870. The maximum atomic E-state index is 13.6. The van der Waals surface area contributed by atoms with Gasteiger partial charge >= 0.3 is 5.97 Å². The summed E-state index contributed by atoms with van der Waals surface area (Å²) < 4.78 is 30.5. The highest BCUT2D eigenvalue weighted by Crippen LogP contribution is 2.38. The molecule has 3 atom stereocenters. The second-order valence-electron chi connectivity index (χ2n) is 26.4. The molecule has 0 aliphatic heterocycles. The van der Waals surface area contributed by atoms with Crippen LogP contribution in [-0.2, 0) is 27.9 Å². The monoisotopic (exact) mass is 1230 g/mol. The Balaban J connectivity index is 4.99. The van der Waals surface area contributed by atoms with Crippen LogP contribution in [0.3, 0.4) is 0 Å². The number of allylic oxidation sites excluding steroid dienone is 9. The first-order valence-corrected chi connectivity index (χ1v) is 38.6. The average molecular weight is 1230 g/mol. The number of rotatable bonds is 68. The van der Waals surface area contributed by atoms with Crippen LogP contribution in [0.2, 0.25) is 0 Å². The van der Waals surface area contributed by atoms with Crippen molar-refractivity contribution in [3.05, 3.63) is 60.8 Å². The number of carbonyl (C=O) groups excluding carboxylic acids is 2. The Kier molecular flexibility index (Phi) is 63.9. The van der Waals surface area contributed by atoms with Crippen molar-refractivity contribution in [1.29, 1.82) is 0 Å². The minimum Gasteiger partial charge on any atom is -0.756 e. The molecule has 504 valence electrons. The number of likely N-dealkylation sites (N-methyl/N-ethyl adjacent to an activating group) is 1. The van der Waals surface area contributed by atoms with E-state index in [1.54, 1.807) is 0 Å². The molecule has 1 amide bonds. The summed E-state index contributed by atoms with van der Waals surface area (Å²) in [7, 11) is 1.20. The summed E-state index contributed by atoms with van der Waals surface area (Å²) in [5.74, 6) is -0.527. The highest BCUT2D eigenvalue weighted by molar-refractivity contribution is 7.45. The van der Waals surface area contributed by atoms with Crippen molar-refractivity contribution in [2.75, 3.05) is 40.9 Å². The summed E-state index contributed by atoms with van der Waals surface area (Å²) in [5.41, 5.74) is 0. The Hall–Kier alpha value is -2.29. The fourth-order valence-corrected chi connectivity index (χ4v) is 11.7. The number of phosphoric acid groups is 1. The Morgan fingerprint density at radius 1 is 0.407 bits per heavy atom. The number of hydrogen-bond donors (Lipinski definition) is 1. The van der Waals surface area contributed by atoms with Crippen LogP contribution in [0.1, 0.15) is 361 Å². The number of hydrogen-bond acceptors (Lipinski definition) is 7.